The average Bonchev–Trinajstić information content (AvgIpc) is 2.62. The second-order valence-electron chi connectivity index (χ2n) is 5.63. The van der Waals surface area contributed by atoms with Crippen LogP contribution in [0.3, 0.4) is 0 Å². The Bertz CT molecular complexity index is 1030. The molecule has 0 radical (unpaired) electrons. The molecule has 3 aromatic rings. The van der Waals surface area contributed by atoms with Crippen molar-refractivity contribution in [3.05, 3.63) is 66.7 Å². The molecule has 0 fully saturated rings. The van der Waals surface area contributed by atoms with Gasteiger partial charge in [0.05, 0.1) is 4.90 Å². The molecule has 0 aromatic heterocycles. The van der Waals surface area contributed by atoms with Gasteiger partial charge in [0, 0.05) is 23.3 Å². The first-order valence-corrected chi connectivity index (χ1v) is 10.0. The zero-order valence-electron chi connectivity index (χ0n) is 14.2. The summed E-state index contributed by atoms with van der Waals surface area (Å²) >= 11 is 5.38. The molecule has 134 valence electrons. The van der Waals surface area contributed by atoms with E-state index in [4.69, 9.17) is 12.2 Å². The molecule has 0 amide bonds. The molecule has 3 N–H and O–H groups in total. The van der Waals surface area contributed by atoms with E-state index in [-0.39, 0.29) is 4.90 Å². The molecule has 0 bridgehead atoms. The molecule has 0 aliphatic rings. The Kier molecular flexibility index (Phi) is 5.51. The van der Waals surface area contributed by atoms with Gasteiger partial charge in [0.2, 0.25) is 10.0 Å². The molecule has 0 aliphatic carbocycles. The van der Waals surface area contributed by atoms with Gasteiger partial charge in [0.25, 0.3) is 0 Å². The largest absolute Gasteiger partial charge is 0.332 e. The van der Waals surface area contributed by atoms with Crippen molar-refractivity contribution >= 4 is 49.5 Å². The normalized spacial score (nSPS) is 11.3. The van der Waals surface area contributed by atoms with Crippen molar-refractivity contribution in [2.45, 2.75) is 11.8 Å². The summed E-state index contributed by atoms with van der Waals surface area (Å²) in [6.45, 7) is 2.09. The van der Waals surface area contributed by atoms with Crippen LogP contribution in [0.1, 0.15) is 6.92 Å². The van der Waals surface area contributed by atoms with Crippen molar-refractivity contribution < 1.29 is 8.42 Å². The Morgan fingerprint density at radius 1 is 0.923 bits per heavy atom. The first-order chi connectivity index (χ1) is 12.5. The number of thiocarbonyl (C=S) groups is 1. The lowest BCUT2D eigenvalue weighted by Gasteiger charge is -2.13. The summed E-state index contributed by atoms with van der Waals surface area (Å²) in [5, 5.41) is 8.89. The van der Waals surface area contributed by atoms with Gasteiger partial charge in [0.15, 0.2) is 5.11 Å². The van der Waals surface area contributed by atoms with Crippen LogP contribution in [0.2, 0.25) is 0 Å². The minimum atomic E-state index is -3.45. The van der Waals surface area contributed by atoms with E-state index in [0.717, 1.165) is 16.5 Å². The quantitative estimate of drug-likeness (QED) is 0.580. The number of fused-ring (bicyclic) bond motifs is 1. The number of hydrogen-bond acceptors (Lipinski definition) is 3. The molecule has 7 heteroatoms. The van der Waals surface area contributed by atoms with E-state index >= 15 is 0 Å². The summed E-state index contributed by atoms with van der Waals surface area (Å²) in [4.78, 5) is 0.220. The lowest BCUT2D eigenvalue weighted by atomic mass is 10.1. The van der Waals surface area contributed by atoms with Gasteiger partial charge in [-0.25, -0.2) is 13.1 Å². The van der Waals surface area contributed by atoms with Crippen LogP contribution in [0.15, 0.2) is 71.6 Å². The maximum atomic E-state index is 12.0. The van der Waals surface area contributed by atoms with E-state index in [0.29, 0.717) is 17.3 Å². The number of anilines is 2. The number of benzene rings is 3. The van der Waals surface area contributed by atoms with Gasteiger partial charge in [0.1, 0.15) is 0 Å². The standard InChI is InChI=1S/C19H19N3O2S2/c1-2-20-26(23,24)16-12-10-15(11-13-16)21-19(25)22-18-9-5-7-14-6-3-4-8-17(14)18/h3-13,20H,2H2,1H3,(H2,21,22,25). The predicted octanol–water partition coefficient (Wildman–Crippen LogP) is 3.95. The predicted molar refractivity (Wildman–Crippen MR) is 111 cm³/mol. The highest BCUT2D eigenvalue weighted by Crippen LogP contribution is 2.23. The molecule has 0 aliphatic heterocycles. The second-order valence-corrected chi connectivity index (χ2v) is 7.81. The fourth-order valence-electron chi connectivity index (χ4n) is 2.61. The smallest absolute Gasteiger partial charge is 0.240 e. The summed E-state index contributed by atoms with van der Waals surface area (Å²) < 4.78 is 26.4. The Morgan fingerprint density at radius 2 is 1.62 bits per heavy atom. The third-order valence-corrected chi connectivity index (χ3v) is 5.56. The monoisotopic (exact) mass is 385 g/mol. The average molecular weight is 386 g/mol. The van der Waals surface area contributed by atoms with Gasteiger partial charge in [-0.1, -0.05) is 43.3 Å². The molecule has 0 unspecified atom stereocenters. The van der Waals surface area contributed by atoms with Crippen LogP contribution in [0, 0.1) is 0 Å². The highest BCUT2D eigenvalue weighted by Gasteiger charge is 2.12. The van der Waals surface area contributed by atoms with Crippen molar-refractivity contribution in [3.63, 3.8) is 0 Å². The van der Waals surface area contributed by atoms with E-state index in [1.807, 2.05) is 42.5 Å². The number of sulfonamides is 1. The molecule has 0 saturated carbocycles. The minimum Gasteiger partial charge on any atom is -0.332 e. The summed E-state index contributed by atoms with van der Waals surface area (Å²) in [7, 11) is -3.45. The molecular weight excluding hydrogens is 366 g/mol. The van der Waals surface area contributed by atoms with Crippen LogP contribution >= 0.6 is 12.2 Å². The van der Waals surface area contributed by atoms with E-state index < -0.39 is 10.0 Å². The lowest BCUT2D eigenvalue weighted by molar-refractivity contribution is 0.584. The number of nitrogens with one attached hydrogen (secondary N) is 3. The maximum Gasteiger partial charge on any atom is 0.240 e. The SMILES string of the molecule is CCNS(=O)(=O)c1ccc(NC(=S)Nc2cccc3ccccc23)cc1. The third-order valence-electron chi connectivity index (χ3n) is 3.79. The summed E-state index contributed by atoms with van der Waals surface area (Å²) in [6.07, 6.45) is 0. The lowest BCUT2D eigenvalue weighted by Crippen LogP contribution is -2.23. The molecule has 26 heavy (non-hydrogen) atoms. The van der Waals surface area contributed by atoms with Crippen LogP contribution in [0.25, 0.3) is 10.8 Å². The molecule has 0 atom stereocenters. The first-order valence-electron chi connectivity index (χ1n) is 8.15. The van der Waals surface area contributed by atoms with Gasteiger partial charge < -0.3 is 10.6 Å². The second kappa shape index (κ2) is 7.82. The zero-order valence-corrected chi connectivity index (χ0v) is 15.8. The van der Waals surface area contributed by atoms with Crippen LogP contribution < -0.4 is 15.4 Å². The highest BCUT2D eigenvalue weighted by atomic mass is 32.2. The molecule has 3 aromatic carbocycles. The minimum absolute atomic E-state index is 0.220. The first kappa shape index (κ1) is 18.3. The molecule has 0 heterocycles. The van der Waals surface area contributed by atoms with Gasteiger partial charge in [-0.05, 0) is 47.9 Å². The van der Waals surface area contributed by atoms with Crippen molar-refractivity contribution in [2.24, 2.45) is 0 Å². The van der Waals surface area contributed by atoms with E-state index in [2.05, 4.69) is 15.4 Å². The zero-order chi connectivity index (χ0) is 18.6. The fraction of sp³-hybridized carbons (Fsp3) is 0.105. The Balaban J connectivity index is 1.72. The molecule has 5 nitrogen and oxygen atoms in total. The van der Waals surface area contributed by atoms with Gasteiger partial charge in [-0.2, -0.15) is 0 Å². The highest BCUT2D eigenvalue weighted by molar-refractivity contribution is 7.89. The topological polar surface area (TPSA) is 70.2 Å². The molecule has 3 rings (SSSR count). The summed E-state index contributed by atoms with van der Waals surface area (Å²) in [6, 6.07) is 20.5. The molecule has 0 spiro atoms. The Morgan fingerprint density at radius 3 is 2.35 bits per heavy atom. The van der Waals surface area contributed by atoms with Crippen molar-refractivity contribution in [2.75, 3.05) is 17.2 Å². The maximum absolute atomic E-state index is 12.0. The number of hydrogen-bond donors (Lipinski definition) is 3. The van der Waals surface area contributed by atoms with Crippen LogP contribution in [0.4, 0.5) is 11.4 Å². The summed E-state index contributed by atoms with van der Waals surface area (Å²) in [5.74, 6) is 0. The van der Waals surface area contributed by atoms with Gasteiger partial charge >= 0.3 is 0 Å². The number of rotatable bonds is 5. The van der Waals surface area contributed by atoms with E-state index in [1.54, 1.807) is 31.2 Å². The van der Waals surface area contributed by atoms with Crippen molar-refractivity contribution in [1.82, 2.24) is 4.72 Å². The van der Waals surface area contributed by atoms with Gasteiger partial charge in [-0.3, -0.25) is 0 Å². The van der Waals surface area contributed by atoms with Crippen LogP contribution in [-0.2, 0) is 10.0 Å². The third kappa shape index (κ3) is 4.19. The fourth-order valence-corrected chi connectivity index (χ4v) is 3.88. The van der Waals surface area contributed by atoms with Crippen LogP contribution in [0.5, 0.6) is 0 Å². The Hall–Kier alpha value is -2.48. The van der Waals surface area contributed by atoms with Crippen molar-refractivity contribution in [1.29, 1.82) is 0 Å². The molecular formula is C19H19N3O2S2. The van der Waals surface area contributed by atoms with Crippen molar-refractivity contribution in [3.8, 4) is 0 Å². The van der Waals surface area contributed by atoms with E-state index in [9.17, 15) is 8.42 Å². The van der Waals surface area contributed by atoms with Gasteiger partial charge in [-0.15, -0.1) is 0 Å². The van der Waals surface area contributed by atoms with E-state index in [1.165, 1.54) is 0 Å². The van der Waals surface area contributed by atoms with Crippen LogP contribution in [-0.4, -0.2) is 20.1 Å². The molecule has 0 saturated heterocycles. The Labute approximate surface area is 158 Å². The summed E-state index contributed by atoms with van der Waals surface area (Å²) in [5.41, 5.74) is 1.62.